The van der Waals surface area contributed by atoms with Crippen molar-refractivity contribution in [3.8, 4) is 17.2 Å². The topological polar surface area (TPSA) is 88.5 Å². The number of likely N-dealkylation sites (N-methyl/N-ethyl adjacent to an activating group) is 1. The van der Waals surface area contributed by atoms with E-state index < -0.39 is 17.7 Å². The van der Waals surface area contributed by atoms with Gasteiger partial charge in [0.2, 0.25) is 0 Å². The molecule has 1 N–H and O–H groups in total. The van der Waals surface area contributed by atoms with Crippen molar-refractivity contribution in [3.63, 3.8) is 0 Å². The van der Waals surface area contributed by atoms with Gasteiger partial charge in [-0.15, -0.1) is 0 Å². The van der Waals surface area contributed by atoms with Crippen LogP contribution in [0.1, 0.15) is 49.4 Å². The molecule has 3 rings (SSSR count). The molecule has 200 valence electrons. The Kier molecular flexibility index (Phi) is 9.58. The summed E-state index contributed by atoms with van der Waals surface area (Å²) < 4.78 is 17.1. The number of carbonyl (C=O) groups is 2. The molecule has 1 amide bonds. The molecule has 0 radical (unpaired) electrons. The number of hydrogen-bond donors (Lipinski definition) is 1. The number of aryl methyl sites for hydroxylation is 1. The second-order valence-electron chi connectivity index (χ2n) is 9.32. The normalized spacial score (nSPS) is 16.9. The number of likely N-dealkylation sites (tertiary alicyclic amines) is 1. The minimum Gasteiger partial charge on any atom is -0.507 e. The first-order valence-electron chi connectivity index (χ1n) is 12.7. The molecule has 0 aliphatic carbocycles. The average molecular weight is 511 g/mol. The number of nitrogens with zero attached hydrogens (tertiary/aromatic N) is 2. The number of rotatable bonds is 12. The number of ether oxygens (including phenoxy) is 3. The monoisotopic (exact) mass is 510 g/mol. The second kappa shape index (κ2) is 12.6. The standard InChI is InChI=1S/C29H38N2O6/c1-7-9-16-37-23-13-10-20(18-24(23)35-6)26-25(28(33)29(34)31(26)15-14-30(4)5)27(32)21-11-12-22(36-8-2)19(3)17-21/h10-13,17-18,26,32H,7-9,14-16H2,1-6H3. The summed E-state index contributed by atoms with van der Waals surface area (Å²) in [5.74, 6) is 0.221. The molecule has 1 aliphatic rings. The highest BCUT2D eigenvalue weighted by molar-refractivity contribution is 6.46. The Balaban J connectivity index is 2.12. The molecule has 1 heterocycles. The Morgan fingerprint density at radius 3 is 2.38 bits per heavy atom. The number of carbonyl (C=O) groups excluding carboxylic acids is 2. The number of ketones is 1. The third-order valence-corrected chi connectivity index (χ3v) is 6.34. The summed E-state index contributed by atoms with van der Waals surface area (Å²) in [5, 5.41) is 11.4. The van der Waals surface area contributed by atoms with Crippen molar-refractivity contribution in [2.75, 3.05) is 47.5 Å². The molecule has 0 bridgehead atoms. The lowest BCUT2D eigenvalue weighted by atomic mass is 9.94. The van der Waals surface area contributed by atoms with Gasteiger partial charge in [0.15, 0.2) is 11.5 Å². The largest absolute Gasteiger partial charge is 0.507 e. The van der Waals surface area contributed by atoms with Crippen molar-refractivity contribution < 1.29 is 28.9 Å². The molecule has 1 saturated heterocycles. The van der Waals surface area contributed by atoms with Gasteiger partial charge in [-0.1, -0.05) is 19.4 Å². The van der Waals surface area contributed by atoms with Crippen LogP contribution in [0.4, 0.5) is 0 Å². The SMILES string of the molecule is CCCCOc1ccc(C2C(=C(O)c3ccc(OCC)c(C)c3)C(=O)C(=O)N2CCN(C)C)cc1OC. The van der Waals surface area contributed by atoms with Gasteiger partial charge in [0.1, 0.15) is 11.5 Å². The molecule has 1 unspecified atom stereocenters. The van der Waals surface area contributed by atoms with Crippen LogP contribution in [0.5, 0.6) is 17.2 Å². The number of Topliss-reactive ketones (excluding diaryl/α,β-unsaturated/α-hetero) is 1. The first-order valence-corrected chi connectivity index (χ1v) is 12.7. The van der Waals surface area contributed by atoms with Gasteiger partial charge in [-0.25, -0.2) is 0 Å². The van der Waals surface area contributed by atoms with Crippen molar-refractivity contribution in [1.29, 1.82) is 0 Å². The van der Waals surface area contributed by atoms with Crippen LogP contribution in [0.25, 0.3) is 5.76 Å². The Bertz CT molecular complexity index is 1160. The molecule has 8 nitrogen and oxygen atoms in total. The molecule has 0 aromatic heterocycles. The minimum atomic E-state index is -0.773. The number of aliphatic hydroxyl groups is 1. The first kappa shape index (κ1) is 28.1. The summed E-state index contributed by atoms with van der Waals surface area (Å²) in [4.78, 5) is 29.9. The van der Waals surface area contributed by atoms with Crippen LogP contribution in [0.15, 0.2) is 42.0 Å². The summed E-state index contributed by atoms with van der Waals surface area (Å²) in [7, 11) is 5.36. The maximum absolute atomic E-state index is 13.3. The Morgan fingerprint density at radius 2 is 1.76 bits per heavy atom. The van der Waals surface area contributed by atoms with Gasteiger partial charge in [0.05, 0.1) is 31.9 Å². The van der Waals surface area contributed by atoms with Crippen LogP contribution in [0.2, 0.25) is 0 Å². The maximum Gasteiger partial charge on any atom is 0.295 e. The van der Waals surface area contributed by atoms with E-state index in [1.54, 1.807) is 37.4 Å². The average Bonchev–Trinajstić information content (AvgIpc) is 3.13. The molecule has 37 heavy (non-hydrogen) atoms. The number of hydrogen-bond acceptors (Lipinski definition) is 7. The summed E-state index contributed by atoms with van der Waals surface area (Å²) in [6.07, 6.45) is 1.92. The molecule has 2 aromatic carbocycles. The lowest BCUT2D eigenvalue weighted by Crippen LogP contribution is -2.35. The number of methoxy groups -OCH3 is 1. The van der Waals surface area contributed by atoms with E-state index in [1.165, 1.54) is 4.90 Å². The Labute approximate surface area is 219 Å². The zero-order valence-corrected chi connectivity index (χ0v) is 22.7. The van der Waals surface area contributed by atoms with E-state index in [9.17, 15) is 14.7 Å². The quantitative estimate of drug-likeness (QED) is 0.194. The summed E-state index contributed by atoms with van der Waals surface area (Å²) in [6, 6.07) is 9.83. The van der Waals surface area contributed by atoms with Gasteiger partial charge in [0, 0.05) is 18.7 Å². The van der Waals surface area contributed by atoms with Gasteiger partial charge in [-0.2, -0.15) is 0 Å². The van der Waals surface area contributed by atoms with Crippen LogP contribution >= 0.6 is 0 Å². The molecule has 0 spiro atoms. The first-order chi connectivity index (χ1) is 17.7. The third-order valence-electron chi connectivity index (χ3n) is 6.34. The van der Waals surface area contributed by atoms with Gasteiger partial charge in [-0.05, 0) is 75.8 Å². The fraction of sp³-hybridized carbons (Fsp3) is 0.448. The molecule has 1 atom stereocenters. The highest BCUT2D eigenvalue weighted by Crippen LogP contribution is 2.42. The fourth-order valence-corrected chi connectivity index (χ4v) is 4.33. The molecular weight excluding hydrogens is 472 g/mol. The molecule has 1 fully saturated rings. The fourth-order valence-electron chi connectivity index (χ4n) is 4.33. The third kappa shape index (κ3) is 6.25. The van der Waals surface area contributed by atoms with Crippen LogP contribution in [0, 0.1) is 6.92 Å². The zero-order valence-electron chi connectivity index (χ0n) is 22.7. The van der Waals surface area contributed by atoms with Crippen molar-refractivity contribution in [1.82, 2.24) is 9.80 Å². The lowest BCUT2D eigenvalue weighted by molar-refractivity contribution is -0.140. The van der Waals surface area contributed by atoms with E-state index in [0.717, 1.165) is 18.4 Å². The predicted octanol–water partition coefficient (Wildman–Crippen LogP) is 4.56. The van der Waals surface area contributed by atoms with Gasteiger partial charge in [-0.3, -0.25) is 9.59 Å². The highest BCUT2D eigenvalue weighted by Gasteiger charge is 2.46. The van der Waals surface area contributed by atoms with E-state index >= 15 is 0 Å². The van der Waals surface area contributed by atoms with Crippen molar-refractivity contribution >= 4 is 17.4 Å². The van der Waals surface area contributed by atoms with Gasteiger partial charge in [0.25, 0.3) is 11.7 Å². The van der Waals surface area contributed by atoms with Crippen molar-refractivity contribution in [2.45, 2.75) is 39.7 Å². The van der Waals surface area contributed by atoms with E-state index in [2.05, 4.69) is 6.92 Å². The smallest absolute Gasteiger partial charge is 0.295 e. The van der Waals surface area contributed by atoms with Crippen LogP contribution in [-0.2, 0) is 9.59 Å². The Morgan fingerprint density at radius 1 is 1.03 bits per heavy atom. The molecule has 2 aromatic rings. The molecular formula is C29H38N2O6. The van der Waals surface area contributed by atoms with Crippen LogP contribution < -0.4 is 14.2 Å². The highest BCUT2D eigenvalue weighted by atomic mass is 16.5. The number of benzene rings is 2. The summed E-state index contributed by atoms with van der Waals surface area (Å²) in [5.41, 5.74) is 1.97. The zero-order chi connectivity index (χ0) is 27.1. The van der Waals surface area contributed by atoms with E-state index in [4.69, 9.17) is 14.2 Å². The predicted molar refractivity (Wildman–Crippen MR) is 143 cm³/mol. The number of amides is 1. The van der Waals surface area contributed by atoms with Crippen molar-refractivity contribution in [2.24, 2.45) is 0 Å². The Hall–Kier alpha value is -3.52. The van der Waals surface area contributed by atoms with Gasteiger partial charge < -0.3 is 29.1 Å². The number of unbranched alkanes of at least 4 members (excludes halogenated alkanes) is 1. The minimum absolute atomic E-state index is 0.0500. The van der Waals surface area contributed by atoms with E-state index in [0.29, 0.717) is 54.7 Å². The summed E-state index contributed by atoms with van der Waals surface area (Å²) in [6.45, 7) is 7.81. The molecule has 8 heteroatoms. The van der Waals surface area contributed by atoms with Gasteiger partial charge >= 0.3 is 0 Å². The molecule has 1 aliphatic heterocycles. The van der Waals surface area contributed by atoms with E-state index in [1.807, 2.05) is 38.9 Å². The second-order valence-corrected chi connectivity index (χ2v) is 9.32. The van der Waals surface area contributed by atoms with Crippen LogP contribution in [-0.4, -0.2) is 74.1 Å². The molecule has 0 saturated carbocycles. The van der Waals surface area contributed by atoms with Crippen molar-refractivity contribution in [3.05, 3.63) is 58.7 Å². The lowest BCUT2D eigenvalue weighted by Gasteiger charge is -2.27. The van der Waals surface area contributed by atoms with Crippen LogP contribution in [0.3, 0.4) is 0 Å². The number of aliphatic hydroxyl groups excluding tert-OH is 1. The summed E-state index contributed by atoms with van der Waals surface area (Å²) >= 11 is 0. The maximum atomic E-state index is 13.3. The van der Waals surface area contributed by atoms with E-state index in [-0.39, 0.29) is 11.3 Å².